The quantitative estimate of drug-likeness (QED) is 0.808. The van der Waals surface area contributed by atoms with Gasteiger partial charge in [-0.3, -0.25) is 9.59 Å². The van der Waals surface area contributed by atoms with Gasteiger partial charge in [0.05, 0.1) is 18.1 Å². The summed E-state index contributed by atoms with van der Waals surface area (Å²) in [5, 5.41) is 11.8. The average Bonchev–Trinajstić information content (AvgIpc) is 3.09. The molecule has 0 spiro atoms. The summed E-state index contributed by atoms with van der Waals surface area (Å²) in [6, 6.07) is 5.37. The summed E-state index contributed by atoms with van der Waals surface area (Å²) in [5.74, 6) is -3.39. The molecule has 0 radical (unpaired) electrons. The Morgan fingerprint density at radius 1 is 1.13 bits per heavy atom. The molecule has 23 heavy (non-hydrogen) atoms. The van der Waals surface area contributed by atoms with Crippen LogP contribution in [0.25, 0.3) is 0 Å². The number of alkyl halides is 2. The number of nitrogens with one attached hydrogen (secondary N) is 1. The number of rotatable bonds is 5. The van der Waals surface area contributed by atoms with Crippen LogP contribution in [-0.2, 0) is 14.3 Å². The molecule has 0 unspecified atom stereocenters. The van der Waals surface area contributed by atoms with E-state index in [9.17, 15) is 23.5 Å². The lowest BCUT2D eigenvalue weighted by Crippen LogP contribution is -2.39. The van der Waals surface area contributed by atoms with E-state index in [-0.39, 0.29) is 5.75 Å². The van der Waals surface area contributed by atoms with Crippen LogP contribution in [0.3, 0.4) is 0 Å². The molecule has 4 atom stereocenters. The number of aliphatic carboxylic acids is 1. The molecule has 2 aliphatic rings. The Balaban J connectivity index is 1.69. The second-order valence-electron chi connectivity index (χ2n) is 5.23. The summed E-state index contributed by atoms with van der Waals surface area (Å²) in [6.07, 6.45) is 2.15. The number of fused-ring (bicyclic) bond motifs is 2. The Morgan fingerprint density at radius 2 is 1.74 bits per heavy atom. The zero-order chi connectivity index (χ0) is 16.6. The van der Waals surface area contributed by atoms with Gasteiger partial charge in [0, 0.05) is 5.69 Å². The minimum absolute atomic E-state index is 0.0346. The summed E-state index contributed by atoms with van der Waals surface area (Å²) >= 11 is 0. The first kappa shape index (κ1) is 15.4. The Hall–Kier alpha value is -2.48. The number of carboxylic acids is 1. The van der Waals surface area contributed by atoms with Gasteiger partial charge in [0.1, 0.15) is 11.7 Å². The number of amides is 1. The molecule has 1 aromatic rings. The van der Waals surface area contributed by atoms with Gasteiger partial charge in [-0.05, 0) is 24.3 Å². The lowest BCUT2D eigenvalue weighted by atomic mass is 9.82. The van der Waals surface area contributed by atoms with Crippen molar-refractivity contribution in [2.24, 2.45) is 11.8 Å². The van der Waals surface area contributed by atoms with Crippen LogP contribution in [-0.4, -0.2) is 35.8 Å². The minimum Gasteiger partial charge on any atom is -0.481 e. The maximum Gasteiger partial charge on any atom is 0.387 e. The number of ether oxygens (including phenoxy) is 2. The van der Waals surface area contributed by atoms with Crippen molar-refractivity contribution in [1.82, 2.24) is 0 Å². The van der Waals surface area contributed by atoms with Crippen LogP contribution in [0.15, 0.2) is 36.4 Å². The first-order valence-electron chi connectivity index (χ1n) is 6.88. The number of halogens is 2. The predicted octanol–water partition coefficient (Wildman–Crippen LogP) is 1.88. The van der Waals surface area contributed by atoms with Gasteiger partial charge in [-0.25, -0.2) is 0 Å². The molecule has 1 amide bonds. The zero-order valence-corrected chi connectivity index (χ0v) is 11.7. The highest BCUT2D eigenvalue weighted by Crippen LogP contribution is 2.39. The van der Waals surface area contributed by atoms with Crippen molar-refractivity contribution in [3.05, 3.63) is 36.4 Å². The van der Waals surface area contributed by atoms with Crippen molar-refractivity contribution >= 4 is 17.6 Å². The first-order chi connectivity index (χ1) is 11.0. The molecule has 0 aliphatic carbocycles. The number of carbonyl (C=O) groups excluding carboxylic acids is 1. The van der Waals surface area contributed by atoms with Gasteiger partial charge in [0.15, 0.2) is 0 Å². The molecule has 2 bridgehead atoms. The van der Waals surface area contributed by atoms with Gasteiger partial charge in [-0.15, -0.1) is 0 Å². The van der Waals surface area contributed by atoms with Crippen molar-refractivity contribution in [3.8, 4) is 5.75 Å². The van der Waals surface area contributed by atoms with Crippen molar-refractivity contribution in [1.29, 1.82) is 0 Å². The Bertz CT molecular complexity index is 646. The fraction of sp³-hybridized carbons (Fsp3) is 0.333. The molecule has 2 N–H and O–H groups in total. The normalized spacial score (nSPS) is 28.1. The second-order valence-corrected chi connectivity index (χ2v) is 5.23. The predicted molar refractivity (Wildman–Crippen MR) is 74.1 cm³/mol. The van der Waals surface area contributed by atoms with Crippen LogP contribution < -0.4 is 10.1 Å². The highest BCUT2D eigenvalue weighted by Gasteiger charge is 2.53. The zero-order valence-electron chi connectivity index (χ0n) is 11.7. The third kappa shape index (κ3) is 3.02. The smallest absolute Gasteiger partial charge is 0.387 e. The van der Waals surface area contributed by atoms with E-state index in [2.05, 4.69) is 10.1 Å². The fourth-order valence-corrected chi connectivity index (χ4v) is 2.86. The van der Waals surface area contributed by atoms with Crippen LogP contribution in [0.2, 0.25) is 0 Å². The van der Waals surface area contributed by atoms with Crippen molar-refractivity contribution in [2.45, 2.75) is 18.8 Å². The number of benzene rings is 1. The van der Waals surface area contributed by atoms with E-state index < -0.39 is 42.5 Å². The third-order valence-corrected chi connectivity index (χ3v) is 3.83. The summed E-state index contributed by atoms with van der Waals surface area (Å²) in [5.41, 5.74) is 0.354. The topological polar surface area (TPSA) is 84.9 Å². The van der Waals surface area contributed by atoms with Gasteiger partial charge < -0.3 is 19.9 Å². The van der Waals surface area contributed by atoms with Crippen LogP contribution in [0, 0.1) is 11.8 Å². The van der Waals surface area contributed by atoms with Gasteiger partial charge in [0.25, 0.3) is 0 Å². The Morgan fingerprint density at radius 3 is 2.30 bits per heavy atom. The number of hydrogen-bond donors (Lipinski definition) is 2. The van der Waals surface area contributed by atoms with Crippen molar-refractivity contribution in [3.63, 3.8) is 0 Å². The number of carboxylic acid groups (broad SMARTS) is 1. The molecular formula is C15H13F2NO5. The molecule has 122 valence electrons. The molecular weight excluding hydrogens is 312 g/mol. The van der Waals surface area contributed by atoms with E-state index in [0.29, 0.717) is 5.69 Å². The van der Waals surface area contributed by atoms with Gasteiger partial charge in [0.2, 0.25) is 5.91 Å². The molecule has 2 heterocycles. The third-order valence-electron chi connectivity index (χ3n) is 3.83. The fourth-order valence-electron chi connectivity index (χ4n) is 2.86. The molecule has 2 aliphatic heterocycles. The molecule has 6 nitrogen and oxygen atoms in total. The summed E-state index contributed by atoms with van der Waals surface area (Å²) in [4.78, 5) is 23.7. The molecule has 0 aromatic heterocycles. The molecule has 1 aromatic carbocycles. The Kier molecular flexibility index (Phi) is 3.99. The molecule has 3 rings (SSSR count). The van der Waals surface area contributed by atoms with E-state index in [1.54, 1.807) is 12.2 Å². The maximum absolute atomic E-state index is 12.3. The van der Waals surface area contributed by atoms with Crippen LogP contribution in [0.4, 0.5) is 14.5 Å². The highest BCUT2D eigenvalue weighted by molar-refractivity contribution is 5.96. The van der Waals surface area contributed by atoms with Crippen LogP contribution in [0.1, 0.15) is 0 Å². The number of hydrogen-bond acceptors (Lipinski definition) is 4. The number of anilines is 1. The monoisotopic (exact) mass is 325 g/mol. The first-order valence-corrected chi connectivity index (χ1v) is 6.88. The average molecular weight is 325 g/mol. The lowest BCUT2D eigenvalue weighted by molar-refractivity contribution is -0.145. The lowest BCUT2D eigenvalue weighted by Gasteiger charge is -2.21. The van der Waals surface area contributed by atoms with Crippen LogP contribution in [0.5, 0.6) is 5.75 Å². The van der Waals surface area contributed by atoms with Crippen molar-refractivity contribution < 1.29 is 33.0 Å². The second kappa shape index (κ2) is 5.96. The highest BCUT2D eigenvalue weighted by atomic mass is 19.3. The van der Waals surface area contributed by atoms with E-state index in [1.165, 1.54) is 24.3 Å². The maximum atomic E-state index is 12.3. The molecule has 8 heteroatoms. The molecule has 1 fully saturated rings. The summed E-state index contributed by atoms with van der Waals surface area (Å²) in [6.45, 7) is -2.93. The minimum atomic E-state index is -2.93. The van der Waals surface area contributed by atoms with E-state index in [0.717, 1.165) is 0 Å². The van der Waals surface area contributed by atoms with E-state index in [4.69, 9.17) is 4.74 Å². The molecule has 0 saturated carbocycles. The van der Waals surface area contributed by atoms with Crippen molar-refractivity contribution in [2.75, 3.05) is 5.32 Å². The van der Waals surface area contributed by atoms with Gasteiger partial charge in [-0.1, -0.05) is 12.2 Å². The molecule has 1 saturated heterocycles. The van der Waals surface area contributed by atoms with Gasteiger partial charge in [-0.2, -0.15) is 8.78 Å². The van der Waals surface area contributed by atoms with Gasteiger partial charge >= 0.3 is 12.6 Å². The summed E-state index contributed by atoms with van der Waals surface area (Å²) < 4.78 is 33.8. The van der Waals surface area contributed by atoms with E-state index >= 15 is 0 Å². The largest absolute Gasteiger partial charge is 0.481 e. The number of carbonyl (C=O) groups is 2. The SMILES string of the molecule is O=C(O)[C@H]1[C@H](C(=O)Nc2ccc(OC(F)F)cc2)[C@H]2C=C[C@H]1O2. The summed E-state index contributed by atoms with van der Waals surface area (Å²) in [7, 11) is 0. The standard InChI is InChI=1S/C15H13F2NO5/c16-15(17)22-8-3-1-7(2-4-8)18-13(19)11-9-5-6-10(23-9)12(11)14(20)21/h1-6,9-12,15H,(H,18,19)(H,20,21)/t9-,10-,11-,12-/m1/s1. The Labute approximate surface area is 129 Å². The van der Waals surface area contributed by atoms with E-state index in [1.807, 2.05) is 0 Å². The van der Waals surface area contributed by atoms with Crippen LogP contribution >= 0.6 is 0 Å².